The highest BCUT2D eigenvalue weighted by atomic mass is 32.1. The summed E-state index contributed by atoms with van der Waals surface area (Å²) in [6, 6.07) is 2.06. The van der Waals surface area contributed by atoms with Crippen molar-refractivity contribution in [3.63, 3.8) is 0 Å². The molecule has 1 aliphatic carbocycles. The Morgan fingerprint density at radius 3 is 2.88 bits per heavy atom. The van der Waals surface area contributed by atoms with Gasteiger partial charge in [0, 0.05) is 4.88 Å². The number of thiophene rings is 1. The van der Waals surface area contributed by atoms with Gasteiger partial charge in [-0.15, -0.1) is 11.3 Å². The molecule has 0 spiro atoms. The number of hydrogen-bond donors (Lipinski definition) is 2. The summed E-state index contributed by atoms with van der Waals surface area (Å²) in [5.41, 5.74) is 1.25. The lowest BCUT2D eigenvalue weighted by atomic mass is 10.2. The van der Waals surface area contributed by atoms with Crippen molar-refractivity contribution in [2.24, 2.45) is 11.8 Å². The Labute approximate surface area is 104 Å². The van der Waals surface area contributed by atoms with Crippen LogP contribution < -0.4 is 5.32 Å². The van der Waals surface area contributed by atoms with Gasteiger partial charge in [-0.25, -0.2) is 0 Å². The maximum absolute atomic E-state index is 11.6. The highest BCUT2D eigenvalue weighted by Crippen LogP contribution is 2.38. The monoisotopic (exact) mass is 253 g/mol. The zero-order valence-electron chi connectivity index (χ0n) is 9.60. The summed E-state index contributed by atoms with van der Waals surface area (Å²) in [6.07, 6.45) is 1.43. The van der Waals surface area contributed by atoms with E-state index in [1.165, 1.54) is 5.56 Å². The molecule has 1 aromatic heterocycles. The van der Waals surface area contributed by atoms with Crippen molar-refractivity contribution in [1.82, 2.24) is 5.32 Å². The molecule has 1 aromatic rings. The van der Waals surface area contributed by atoms with Gasteiger partial charge in [0.15, 0.2) is 0 Å². The zero-order valence-corrected chi connectivity index (χ0v) is 10.4. The minimum absolute atomic E-state index is 0.132. The third-order valence-corrected chi connectivity index (χ3v) is 4.05. The van der Waals surface area contributed by atoms with Crippen molar-refractivity contribution in [2.75, 3.05) is 0 Å². The summed E-state index contributed by atoms with van der Waals surface area (Å²) in [5, 5.41) is 13.6. The Bertz CT molecular complexity index is 441. The quantitative estimate of drug-likeness (QED) is 0.838. The number of carboxylic acid groups (broad SMARTS) is 1. The van der Waals surface area contributed by atoms with Crippen LogP contribution in [0.1, 0.15) is 23.8 Å². The van der Waals surface area contributed by atoms with Gasteiger partial charge < -0.3 is 10.4 Å². The van der Waals surface area contributed by atoms with Crippen LogP contribution in [0.3, 0.4) is 0 Å². The number of carbonyl (C=O) groups excluding carboxylic acids is 1. The van der Waals surface area contributed by atoms with E-state index in [0.29, 0.717) is 13.0 Å². The Morgan fingerprint density at radius 2 is 2.29 bits per heavy atom. The fraction of sp³-hybridized carbons (Fsp3) is 0.500. The molecule has 0 aromatic carbocycles. The number of rotatable bonds is 5. The molecule has 2 atom stereocenters. The molecule has 92 valence electrons. The molecule has 1 amide bonds. The molecule has 1 fully saturated rings. The van der Waals surface area contributed by atoms with E-state index in [-0.39, 0.29) is 11.8 Å². The number of aryl methyl sites for hydroxylation is 1. The van der Waals surface area contributed by atoms with Gasteiger partial charge in [0.2, 0.25) is 5.91 Å². The lowest BCUT2D eigenvalue weighted by Gasteiger charge is -2.04. The highest BCUT2D eigenvalue weighted by molar-refractivity contribution is 7.10. The molecule has 17 heavy (non-hydrogen) atoms. The van der Waals surface area contributed by atoms with E-state index in [9.17, 15) is 9.59 Å². The minimum Gasteiger partial charge on any atom is -0.481 e. The van der Waals surface area contributed by atoms with Crippen LogP contribution in [0.5, 0.6) is 0 Å². The van der Waals surface area contributed by atoms with E-state index in [0.717, 1.165) is 11.3 Å². The SMILES string of the molecule is CCc1ccsc1CNC(=O)[C@@H]1C[C@@H]1C(=O)O. The van der Waals surface area contributed by atoms with Crippen molar-refractivity contribution in [1.29, 1.82) is 0 Å². The van der Waals surface area contributed by atoms with Crippen LogP contribution in [-0.2, 0) is 22.6 Å². The number of carboxylic acids is 1. The Balaban J connectivity index is 1.83. The molecule has 0 unspecified atom stereocenters. The van der Waals surface area contributed by atoms with Crippen molar-refractivity contribution < 1.29 is 14.7 Å². The number of carbonyl (C=O) groups is 2. The van der Waals surface area contributed by atoms with Crippen molar-refractivity contribution in [3.05, 3.63) is 21.9 Å². The van der Waals surface area contributed by atoms with Gasteiger partial charge in [0.1, 0.15) is 0 Å². The third-order valence-electron chi connectivity index (χ3n) is 3.09. The first kappa shape index (κ1) is 12.1. The first-order valence-corrected chi connectivity index (χ1v) is 6.57. The molecule has 0 aliphatic heterocycles. The number of amides is 1. The van der Waals surface area contributed by atoms with Gasteiger partial charge in [-0.1, -0.05) is 6.92 Å². The van der Waals surface area contributed by atoms with Gasteiger partial charge in [0.25, 0.3) is 0 Å². The fourth-order valence-electron chi connectivity index (χ4n) is 1.89. The molecule has 2 rings (SSSR count). The highest BCUT2D eigenvalue weighted by Gasteiger charge is 2.48. The van der Waals surface area contributed by atoms with Gasteiger partial charge in [0.05, 0.1) is 18.4 Å². The second-order valence-corrected chi connectivity index (χ2v) is 5.23. The first-order valence-electron chi connectivity index (χ1n) is 5.69. The lowest BCUT2D eigenvalue weighted by Crippen LogP contribution is -2.25. The van der Waals surface area contributed by atoms with Crippen molar-refractivity contribution in [2.45, 2.75) is 26.3 Å². The number of aliphatic carboxylic acids is 1. The molecule has 1 aliphatic rings. The fourth-order valence-corrected chi connectivity index (χ4v) is 2.81. The molecule has 5 heteroatoms. The average molecular weight is 253 g/mol. The summed E-state index contributed by atoms with van der Waals surface area (Å²) in [5.74, 6) is -1.79. The van der Waals surface area contributed by atoms with Crippen molar-refractivity contribution >= 4 is 23.2 Å². The Hall–Kier alpha value is -1.36. The maximum atomic E-state index is 11.6. The summed E-state index contributed by atoms with van der Waals surface area (Å²) in [4.78, 5) is 23.4. The summed E-state index contributed by atoms with van der Waals surface area (Å²) < 4.78 is 0. The Kier molecular flexibility index (Phi) is 3.47. The molecular formula is C12H15NO3S. The maximum Gasteiger partial charge on any atom is 0.307 e. The summed E-state index contributed by atoms with van der Waals surface area (Å²) >= 11 is 1.62. The predicted octanol–water partition coefficient (Wildman–Crippen LogP) is 1.65. The van der Waals surface area contributed by atoms with Gasteiger partial charge >= 0.3 is 5.97 Å². The van der Waals surface area contributed by atoms with Crippen LogP contribution in [0, 0.1) is 11.8 Å². The summed E-state index contributed by atoms with van der Waals surface area (Å²) in [6.45, 7) is 2.59. The normalized spacial score (nSPS) is 22.2. The molecule has 4 nitrogen and oxygen atoms in total. The second kappa shape index (κ2) is 4.87. The minimum atomic E-state index is -0.865. The van der Waals surface area contributed by atoms with Crippen LogP contribution in [0.15, 0.2) is 11.4 Å². The van der Waals surface area contributed by atoms with Gasteiger partial charge in [-0.2, -0.15) is 0 Å². The van der Waals surface area contributed by atoms with Gasteiger partial charge in [-0.05, 0) is 29.9 Å². The second-order valence-electron chi connectivity index (χ2n) is 4.23. The lowest BCUT2D eigenvalue weighted by molar-refractivity contribution is -0.140. The molecular weight excluding hydrogens is 238 g/mol. The molecule has 2 N–H and O–H groups in total. The summed E-state index contributed by atoms with van der Waals surface area (Å²) in [7, 11) is 0. The number of hydrogen-bond acceptors (Lipinski definition) is 3. The van der Waals surface area contributed by atoms with E-state index in [1.54, 1.807) is 11.3 Å². The third kappa shape index (κ3) is 2.66. The van der Waals surface area contributed by atoms with Crippen LogP contribution in [0.4, 0.5) is 0 Å². The van der Waals surface area contributed by atoms with Crippen LogP contribution in [-0.4, -0.2) is 17.0 Å². The predicted molar refractivity (Wildman–Crippen MR) is 64.8 cm³/mol. The van der Waals surface area contributed by atoms with E-state index < -0.39 is 11.9 Å². The molecule has 1 heterocycles. The van der Waals surface area contributed by atoms with Crippen LogP contribution >= 0.6 is 11.3 Å². The molecule has 0 bridgehead atoms. The van der Waals surface area contributed by atoms with E-state index >= 15 is 0 Å². The van der Waals surface area contributed by atoms with Gasteiger partial charge in [-0.3, -0.25) is 9.59 Å². The number of nitrogens with one attached hydrogen (secondary N) is 1. The largest absolute Gasteiger partial charge is 0.481 e. The van der Waals surface area contributed by atoms with Crippen LogP contribution in [0.2, 0.25) is 0 Å². The van der Waals surface area contributed by atoms with E-state index in [2.05, 4.69) is 18.3 Å². The molecule has 1 saturated carbocycles. The first-order chi connectivity index (χ1) is 8.13. The van der Waals surface area contributed by atoms with E-state index in [4.69, 9.17) is 5.11 Å². The topological polar surface area (TPSA) is 66.4 Å². The van der Waals surface area contributed by atoms with Crippen LogP contribution in [0.25, 0.3) is 0 Å². The average Bonchev–Trinajstić information content (AvgIpc) is 2.99. The smallest absolute Gasteiger partial charge is 0.307 e. The molecule has 0 saturated heterocycles. The van der Waals surface area contributed by atoms with E-state index in [1.807, 2.05) is 5.38 Å². The molecule has 0 radical (unpaired) electrons. The zero-order chi connectivity index (χ0) is 12.4. The van der Waals surface area contributed by atoms with Crippen molar-refractivity contribution in [3.8, 4) is 0 Å². The standard InChI is InChI=1S/C12H15NO3S/c1-2-7-3-4-17-10(7)6-13-11(14)8-5-9(8)12(15)16/h3-4,8-9H,2,5-6H2,1H3,(H,13,14)(H,15,16)/t8-,9+/m1/s1. The Morgan fingerprint density at radius 1 is 1.53 bits per heavy atom.